The average Bonchev–Trinajstić information content (AvgIpc) is 3.02. The second-order valence-electron chi connectivity index (χ2n) is 8.00. The van der Waals surface area contributed by atoms with Gasteiger partial charge in [0.05, 0.1) is 31.2 Å². The molecule has 1 aromatic carbocycles. The van der Waals surface area contributed by atoms with Crippen molar-refractivity contribution in [1.29, 1.82) is 0 Å². The molecule has 1 aliphatic carbocycles. The topological polar surface area (TPSA) is 66.9 Å². The van der Waals surface area contributed by atoms with Crippen molar-refractivity contribution in [3.05, 3.63) is 35.9 Å². The van der Waals surface area contributed by atoms with E-state index in [1.165, 1.54) is 18.4 Å². The number of amides is 1. The Bertz CT molecular complexity index is 863. The molecule has 1 amide bonds. The van der Waals surface area contributed by atoms with Gasteiger partial charge < -0.3 is 9.64 Å². The molecule has 0 bridgehead atoms. The van der Waals surface area contributed by atoms with E-state index in [2.05, 4.69) is 11.0 Å². The number of ether oxygens (including phenoxy) is 1. The van der Waals surface area contributed by atoms with Crippen LogP contribution in [-0.2, 0) is 14.6 Å². The maximum Gasteiger partial charge on any atom is 0.241 e. The van der Waals surface area contributed by atoms with Gasteiger partial charge in [0, 0.05) is 18.3 Å². The second kappa shape index (κ2) is 7.87. The summed E-state index contributed by atoms with van der Waals surface area (Å²) in [6.45, 7) is 1.03. The van der Waals surface area contributed by atoms with Gasteiger partial charge in [0.15, 0.2) is 9.84 Å². The molecule has 1 aromatic rings. The lowest BCUT2D eigenvalue weighted by Crippen LogP contribution is -2.62. The number of fused-ring (bicyclic) bond motifs is 1. The lowest BCUT2D eigenvalue weighted by Gasteiger charge is -2.43. The van der Waals surface area contributed by atoms with Gasteiger partial charge >= 0.3 is 0 Å². The summed E-state index contributed by atoms with van der Waals surface area (Å²) in [6, 6.07) is 6.84. The first kappa shape index (κ1) is 19.5. The van der Waals surface area contributed by atoms with Crippen molar-refractivity contribution in [2.75, 3.05) is 36.6 Å². The highest BCUT2D eigenvalue weighted by Crippen LogP contribution is 2.33. The van der Waals surface area contributed by atoms with Crippen LogP contribution in [0.2, 0.25) is 0 Å². The molecule has 0 spiro atoms. The summed E-state index contributed by atoms with van der Waals surface area (Å²) in [6.07, 6.45) is 8.01. The zero-order valence-electron chi connectivity index (χ0n) is 16.3. The van der Waals surface area contributed by atoms with Crippen LogP contribution >= 0.6 is 0 Å². The maximum atomic E-state index is 13.0. The van der Waals surface area contributed by atoms with Gasteiger partial charge in [-0.25, -0.2) is 8.42 Å². The van der Waals surface area contributed by atoms with Gasteiger partial charge in [-0.2, -0.15) is 0 Å². The minimum absolute atomic E-state index is 0.0267. The van der Waals surface area contributed by atoms with Gasteiger partial charge in [-0.05, 0) is 56.4 Å². The van der Waals surface area contributed by atoms with Gasteiger partial charge in [-0.15, -0.1) is 0 Å². The summed E-state index contributed by atoms with van der Waals surface area (Å²) in [5.41, 5.74) is 2.20. The molecule has 2 unspecified atom stereocenters. The molecular weight excluding hydrogens is 376 g/mol. The summed E-state index contributed by atoms with van der Waals surface area (Å²) >= 11 is 0. The van der Waals surface area contributed by atoms with Gasteiger partial charge in [-0.3, -0.25) is 9.69 Å². The molecule has 6 nitrogen and oxygen atoms in total. The van der Waals surface area contributed by atoms with Gasteiger partial charge in [0.25, 0.3) is 0 Å². The molecule has 7 heteroatoms. The van der Waals surface area contributed by atoms with E-state index in [0.29, 0.717) is 5.75 Å². The van der Waals surface area contributed by atoms with Crippen LogP contribution in [0.1, 0.15) is 32.1 Å². The van der Waals surface area contributed by atoms with Crippen LogP contribution in [0.5, 0.6) is 5.75 Å². The predicted molar refractivity (Wildman–Crippen MR) is 109 cm³/mol. The lowest BCUT2D eigenvalue weighted by atomic mass is 9.96. The first-order valence-electron chi connectivity index (χ1n) is 10.1. The van der Waals surface area contributed by atoms with E-state index in [4.69, 9.17) is 4.74 Å². The molecule has 0 saturated carbocycles. The highest BCUT2D eigenvalue weighted by atomic mass is 32.2. The van der Waals surface area contributed by atoms with E-state index < -0.39 is 9.84 Å². The number of methoxy groups -OCH3 is 1. The number of carbonyl (C=O) groups is 1. The number of piperazine rings is 1. The van der Waals surface area contributed by atoms with Crippen molar-refractivity contribution in [2.45, 2.75) is 44.2 Å². The zero-order chi connectivity index (χ0) is 19.7. The summed E-state index contributed by atoms with van der Waals surface area (Å²) in [5, 5.41) is 0. The molecule has 4 rings (SSSR count). The quantitative estimate of drug-likeness (QED) is 0.705. The van der Waals surface area contributed by atoms with Crippen molar-refractivity contribution >= 4 is 21.4 Å². The molecule has 2 fully saturated rings. The second-order valence-corrected chi connectivity index (χ2v) is 10.2. The van der Waals surface area contributed by atoms with Crippen LogP contribution in [0.3, 0.4) is 0 Å². The number of sulfone groups is 1. The van der Waals surface area contributed by atoms with Crippen LogP contribution in [0.15, 0.2) is 35.9 Å². The van der Waals surface area contributed by atoms with Crippen LogP contribution < -0.4 is 9.64 Å². The van der Waals surface area contributed by atoms with E-state index >= 15 is 0 Å². The number of anilines is 1. The van der Waals surface area contributed by atoms with Crippen LogP contribution in [-0.4, -0.2) is 63.0 Å². The molecule has 0 aromatic heterocycles. The van der Waals surface area contributed by atoms with Crippen LogP contribution in [0.4, 0.5) is 5.69 Å². The van der Waals surface area contributed by atoms with Gasteiger partial charge in [0.1, 0.15) is 5.75 Å². The summed E-state index contributed by atoms with van der Waals surface area (Å²) < 4.78 is 30.1. The Balaban J connectivity index is 1.55. The number of hydrogen-bond acceptors (Lipinski definition) is 5. The monoisotopic (exact) mass is 404 g/mol. The normalized spacial score (nSPS) is 27.4. The average molecular weight is 405 g/mol. The van der Waals surface area contributed by atoms with Crippen molar-refractivity contribution < 1.29 is 17.9 Å². The summed E-state index contributed by atoms with van der Waals surface area (Å²) in [4.78, 5) is 16.8. The Kier molecular flexibility index (Phi) is 5.47. The Morgan fingerprint density at radius 2 is 1.86 bits per heavy atom. The molecule has 2 saturated heterocycles. The number of nitrogens with zero attached hydrogens (tertiary/aromatic N) is 2. The molecule has 152 valence electrons. The number of carbonyl (C=O) groups excluding carboxylic acids is 1. The number of hydrogen-bond donors (Lipinski definition) is 0. The fourth-order valence-corrected chi connectivity index (χ4v) is 6.68. The molecular formula is C21H28N2O4S. The van der Waals surface area contributed by atoms with Gasteiger partial charge in [-0.1, -0.05) is 11.6 Å². The predicted octanol–water partition coefficient (Wildman–Crippen LogP) is 2.40. The number of allylic oxidation sites excluding steroid dienone is 1. The smallest absolute Gasteiger partial charge is 0.241 e. The van der Waals surface area contributed by atoms with E-state index in [-0.39, 0.29) is 36.0 Å². The van der Waals surface area contributed by atoms with Crippen molar-refractivity contribution in [3.8, 4) is 5.75 Å². The lowest BCUT2D eigenvalue weighted by molar-refractivity contribution is -0.123. The summed E-state index contributed by atoms with van der Waals surface area (Å²) in [7, 11) is -1.56. The third kappa shape index (κ3) is 3.96. The minimum atomic E-state index is -3.16. The molecule has 2 heterocycles. The van der Waals surface area contributed by atoms with Crippen molar-refractivity contribution in [2.24, 2.45) is 0 Å². The third-order valence-electron chi connectivity index (χ3n) is 6.16. The Hall–Kier alpha value is -1.86. The maximum absolute atomic E-state index is 13.0. The number of benzene rings is 1. The van der Waals surface area contributed by atoms with Gasteiger partial charge in [0.2, 0.25) is 5.91 Å². The Morgan fingerprint density at radius 1 is 1.11 bits per heavy atom. The fourth-order valence-electron chi connectivity index (χ4n) is 4.70. The van der Waals surface area contributed by atoms with E-state index in [0.717, 1.165) is 31.5 Å². The first-order valence-corrected chi connectivity index (χ1v) is 11.9. The minimum Gasteiger partial charge on any atom is -0.497 e. The van der Waals surface area contributed by atoms with Crippen molar-refractivity contribution in [3.63, 3.8) is 0 Å². The zero-order valence-corrected chi connectivity index (χ0v) is 17.2. The van der Waals surface area contributed by atoms with Crippen LogP contribution in [0.25, 0.3) is 0 Å². The first-order chi connectivity index (χ1) is 13.5. The Morgan fingerprint density at radius 3 is 2.54 bits per heavy atom. The standard InChI is InChI=1S/C21H28N2O4S/c1-27-18-9-7-17(8-10-18)23-20-15-28(25,26)14-19(20)22(13-21(23)24)12-11-16-5-3-2-4-6-16/h5,7-10,19-20H,2-4,6,11-15H2,1H3. The molecule has 2 atom stereocenters. The van der Waals surface area contributed by atoms with Crippen LogP contribution in [0, 0.1) is 0 Å². The Labute approximate surface area is 167 Å². The SMILES string of the molecule is COc1ccc(N2C(=O)CN(CCC3=CCCCC3)C3CS(=O)(=O)CC32)cc1. The highest BCUT2D eigenvalue weighted by molar-refractivity contribution is 7.91. The highest BCUT2D eigenvalue weighted by Gasteiger charge is 2.49. The molecule has 28 heavy (non-hydrogen) atoms. The van der Waals surface area contributed by atoms with E-state index in [1.807, 2.05) is 24.3 Å². The molecule has 2 aliphatic heterocycles. The fraction of sp³-hybridized carbons (Fsp3) is 0.571. The largest absolute Gasteiger partial charge is 0.497 e. The molecule has 3 aliphatic rings. The van der Waals surface area contributed by atoms with E-state index in [1.54, 1.807) is 12.0 Å². The third-order valence-corrected chi connectivity index (χ3v) is 7.86. The molecule has 0 radical (unpaired) electrons. The van der Waals surface area contributed by atoms with Crippen molar-refractivity contribution in [1.82, 2.24) is 4.90 Å². The molecule has 0 N–H and O–H groups in total. The van der Waals surface area contributed by atoms with E-state index in [9.17, 15) is 13.2 Å². The number of rotatable bonds is 5. The summed E-state index contributed by atoms with van der Waals surface area (Å²) in [5.74, 6) is 0.859.